The van der Waals surface area contributed by atoms with Gasteiger partial charge in [-0.1, -0.05) is 16.7 Å². The lowest BCUT2D eigenvalue weighted by Crippen LogP contribution is -2.14. The molecule has 0 aliphatic rings. The number of hydrogen-bond acceptors (Lipinski definition) is 6. The topological polar surface area (TPSA) is 79.4 Å². The van der Waals surface area contributed by atoms with Crippen molar-refractivity contribution < 1.29 is 13.9 Å². The molecule has 0 fully saturated rings. The number of rotatable bonds is 4. The minimum Gasteiger partial charge on any atom is -0.497 e. The van der Waals surface area contributed by atoms with E-state index in [1.807, 2.05) is 0 Å². The molecule has 0 atom stereocenters. The Balaban J connectivity index is 1.89. The highest BCUT2D eigenvalue weighted by molar-refractivity contribution is 6.31. The van der Waals surface area contributed by atoms with Crippen LogP contribution in [-0.2, 0) is 0 Å². The van der Waals surface area contributed by atoms with Crippen LogP contribution in [0.25, 0.3) is 5.69 Å². The smallest absolute Gasteiger partial charge is 0.444 e. The normalized spacial score (nSPS) is 10.5. The van der Waals surface area contributed by atoms with Gasteiger partial charge in [0.05, 0.1) is 7.11 Å². The molecule has 8 heteroatoms. The number of hydrogen-bond donors (Lipinski definition) is 0. The van der Waals surface area contributed by atoms with E-state index in [4.69, 9.17) is 25.5 Å². The zero-order valence-corrected chi connectivity index (χ0v) is 12.1. The molecular weight excluding hydrogens is 310 g/mol. The van der Waals surface area contributed by atoms with E-state index < -0.39 is 5.76 Å². The van der Waals surface area contributed by atoms with Crippen LogP contribution in [0.15, 0.2) is 51.8 Å². The van der Waals surface area contributed by atoms with E-state index in [0.717, 1.165) is 4.68 Å². The summed E-state index contributed by atoms with van der Waals surface area (Å²) < 4.78 is 16.3. The molecule has 0 bridgehead atoms. The van der Waals surface area contributed by atoms with E-state index in [0.29, 0.717) is 17.2 Å². The first kappa shape index (κ1) is 14.2. The summed E-state index contributed by atoms with van der Waals surface area (Å²) in [6.07, 6.45) is 1.31. The van der Waals surface area contributed by atoms with Crippen LogP contribution < -0.4 is 15.2 Å². The monoisotopic (exact) mass is 319 g/mol. The molecule has 0 aliphatic heterocycles. The molecule has 0 amide bonds. The Morgan fingerprint density at radius 1 is 1.18 bits per heavy atom. The van der Waals surface area contributed by atoms with E-state index in [1.165, 1.54) is 6.20 Å². The van der Waals surface area contributed by atoms with Crippen LogP contribution in [0.5, 0.6) is 17.6 Å². The molecule has 0 unspecified atom stereocenters. The van der Waals surface area contributed by atoms with Crippen molar-refractivity contribution in [2.75, 3.05) is 7.11 Å². The predicted octanol–water partition coefficient (Wildman–Crippen LogP) is 2.67. The highest BCUT2D eigenvalue weighted by Gasteiger charge is 2.14. The third kappa shape index (κ3) is 2.79. The fourth-order valence-corrected chi connectivity index (χ4v) is 1.93. The second kappa shape index (κ2) is 5.90. The van der Waals surface area contributed by atoms with Gasteiger partial charge in [-0.15, -0.1) is 0 Å². The Hall–Kier alpha value is -2.80. The summed E-state index contributed by atoms with van der Waals surface area (Å²) in [5, 5.41) is 4.07. The number of halogens is 1. The minimum absolute atomic E-state index is 0.133. The average molecular weight is 320 g/mol. The first-order chi connectivity index (χ1) is 10.7. The van der Waals surface area contributed by atoms with Gasteiger partial charge in [0, 0.05) is 6.20 Å². The first-order valence-electron chi connectivity index (χ1n) is 6.20. The van der Waals surface area contributed by atoms with Gasteiger partial charge in [0.1, 0.15) is 17.2 Å². The summed E-state index contributed by atoms with van der Waals surface area (Å²) in [4.78, 5) is 15.7. The Labute approximate surface area is 129 Å². The Morgan fingerprint density at radius 3 is 2.59 bits per heavy atom. The zero-order chi connectivity index (χ0) is 15.5. The summed E-state index contributed by atoms with van der Waals surface area (Å²) in [6, 6.07) is 9.97. The molecule has 0 saturated heterocycles. The lowest BCUT2D eigenvalue weighted by molar-refractivity contribution is 0.319. The van der Waals surface area contributed by atoms with Crippen LogP contribution in [0.4, 0.5) is 0 Å². The fourth-order valence-electron chi connectivity index (χ4n) is 1.73. The molecule has 0 radical (unpaired) electrons. The summed E-state index contributed by atoms with van der Waals surface area (Å²) in [7, 11) is 1.56. The van der Waals surface area contributed by atoms with Crippen molar-refractivity contribution in [2.45, 2.75) is 0 Å². The largest absolute Gasteiger partial charge is 0.497 e. The number of methoxy groups -OCH3 is 1. The van der Waals surface area contributed by atoms with Gasteiger partial charge >= 0.3 is 11.8 Å². The highest BCUT2D eigenvalue weighted by atomic mass is 35.5. The van der Waals surface area contributed by atoms with Crippen LogP contribution in [0, 0.1) is 0 Å². The number of benzene rings is 1. The summed E-state index contributed by atoms with van der Waals surface area (Å²) in [5.74, 6) is 0.409. The molecule has 0 aliphatic carbocycles. The van der Waals surface area contributed by atoms with Gasteiger partial charge in [-0.3, -0.25) is 0 Å². The zero-order valence-electron chi connectivity index (χ0n) is 11.4. The lowest BCUT2D eigenvalue weighted by atomic mass is 10.3. The molecule has 2 heterocycles. The maximum absolute atomic E-state index is 11.8. The van der Waals surface area contributed by atoms with E-state index in [1.54, 1.807) is 43.5 Å². The maximum Gasteiger partial charge on any atom is 0.444 e. The molecule has 2 aromatic heterocycles. The van der Waals surface area contributed by atoms with Crippen molar-refractivity contribution in [3.63, 3.8) is 0 Å². The van der Waals surface area contributed by atoms with Gasteiger partial charge < -0.3 is 13.9 Å². The van der Waals surface area contributed by atoms with Crippen molar-refractivity contribution in [2.24, 2.45) is 0 Å². The Morgan fingerprint density at radius 2 is 1.91 bits per heavy atom. The molecule has 3 aromatic rings. The SMILES string of the molecule is COc1ccc(Oc2nn(-c3cccnc3Cl)c(=O)o2)cc1. The van der Waals surface area contributed by atoms with Gasteiger partial charge in [0.15, 0.2) is 5.15 Å². The molecule has 0 saturated carbocycles. The van der Waals surface area contributed by atoms with Crippen molar-refractivity contribution >= 4 is 11.6 Å². The molecule has 22 heavy (non-hydrogen) atoms. The molecule has 1 aromatic carbocycles. The van der Waals surface area contributed by atoms with Crippen molar-refractivity contribution in [1.82, 2.24) is 14.8 Å². The van der Waals surface area contributed by atoms with E-state index in [9.17, 15) is 4.79 Å². The third-order valence-electron chi connectivity index (χ3n) is 2.76. The van der Waals surface area contributed by atoms with Crippen LogP contribution in [0.1, 0.15) is 0 Å². The number of pyridine rings is 1. The molecule has 7 nitrogen and oxygen atoms in total. The number of ether oxygens (including phenoxy) is 2. The van der Waals surface area contributed by atoms with Gasteiger partial charge in [-0.05, 0) is 36.4 Å². The van der Waals surface area contributed by atoms with Gasteiger partial charge in [0.2, 0.25) is 0 Å². The second-order valence-corrected chi connectivity index (χ2v) is 4.49. The Kier molecular flexibility index (Phi) is 3.80. The van der Waals surface area contributed by atoms with Crippen LogP contribution >= 0.6 is 11.6 Å². The van der Waals surface area contributed by atoms with Crippen molar-refractivity contribution in [3.8, 4) is 23.3 Å². The molecule has 112 valence electrons. The highest BCUT2D eigenvalue weighted by Crippen LogP contribution is 2.22. The Bertz CT molecular complexity index is 842. The van der Waals surface area contributed by atoms with Crippen molar-refractivity contribution in [1.29, 1.82) is 0 Å². The van der Waals surface area contributed by atoms with Crippen molar-refractivity contribution in [3.05, 3.63) is 58.3 Å². The standard InChI is InChI=1S/C14H10ClN3O4/c1-20-9-4-6-10(7-5-9)21-13-17-18(14(19)22-13)11-3-2-8-16-12(11)15/h2-8H,1H3. The van der Waals surface area contributed by atoms with Gasteiger partial charge in [-0.25, -0.2) is 9.78 Å². The fraction of sp³-hybridized carbons (Fsp3) is 0.0714. The minimum atomic E-state index is -0.724. The molecular formula is C14H10ClN3O4. The van der Waals surface area contributed by atoms with Gasteiger partial charge in [-0.2, -0.15) is 4.68 Å². The third-order valence-corrected chi connectivity index (χ3v) is 3.05. The van der Waals surface area contributed by atoms with E-state index >= 15 is 0 Å². The molecule has 0 N–H and O–H groups in total. The van der Waals surface area contributed by atoms with Gasteiger partial charge in [0.25, 0.3) is 0 Å². The summed E-state index contributed by atoms with van der Waals surface area (Å²) in [6.45, 7) is 0. The van der Waals surface area contributed by atoms with E-state index in [2.05, 4.69) is 10.1 Å². The predicted molar refractivity (Wildman–Crippen MR) is 78.0 cm³/mol. The van der Waals surface area contributed by atoms with Crippen LogP contribution in [0.3, 0.4) is 0 Å². The summed E-state index contributed by atoms with van der Waals surface area (Å²) in [5.41, 5.74) is 0.308. The van der Waals surface area contributed by atoms with E-state index in [-0.39, 0.29) is 11.2 Å². The van der Waals surface area contributed by atoms with Crippen LogP contribution in [0.2, 0.25) is 5.15 Å². The number of aromatic nitrogens is 3. The molecule has 3 rings (SSSR count). The molecule has 0 spiro atoms. The lowest BCUT2D eigenvalue weighted by Gasteiger charge is -2.02. The maximum atomic E-state index is 11.8. The quantitative estimate of drug-likeness (QED) is 0.688. The first-order valence-corrected chi connectivity index (χ1v) is 6.58. The second-order valence-electron chi connectivity index (χ2n) is 4.14. The number of nitrogens with zero attached hydrogens (tertiary/aromatic N) is 3. The summed E-state index contributed by atoms with van der Waals surface area (Å²) >= 11 is 5.93. The average Bonchev–Trinajstić information content (AvgIpc) is 2.89. The van der Waals surface area contributed by atoms with Crippen LogP contribution in [-0.4, -0.2) is 21.9 Å².